The lowest BCUT2D eigenvalue weighted by atomic mass is 10.2. The number of rotatable bonds is 3. The monoisotopic (exact) mass is 551 g/mol. The van der Waals surface area contributed by atoms with Gasteiger partial charge in [-0.25, -0.2) is 0 Å². The third-order valence-electron chi connectivity index (χ3n) is 3.15. The summed E-state index contributed by atoms with van der Waals surface area (Å²) < 4.78 is 21.7. The summed E-state index contributed by atoms with van der Waals surface area (Å²) in [5, 5.41) is -3.25. The van der Waals surface area contributed by atoms with E-state index in [1.54, 1.807) is 48.5 Å². The molecule has 1 aliphatic heterocycles. The summed E-state index contributed by atoms with van der Waals surface area (Å²) in [6.45, 7) is -3.42. The van der Waals surface area contributed by atoms with Crippen LogP contribution in [0.5, 0.6) is 0 Å². The standard InChI is InChI=1S/C14H10Cl6N5P3/c15-26(16,17)25-28(20)23-13(11-7-3-1-4-8-11)21-27(18,19)22-14(24-28)12-9-5-2-6-10-12/h1-10H/b21-13-,24-14-/t28-/m1/s1. The molecule has 0 aliphatic carbocycles. The summed E-state index contributed by atoms with van der Waals surface area (Å²) in [6.07, 6.45) is 0. The molecule has 0 spiro atoms. The second kappa shape index (κ2) is 9.15. The Hall–Kier alpha value is 0.210. The van der Waals surface area contributed by atoms with E-state index in [9.17, 15) is 0 Å². The molecule has 0 N–H and O–H groups in total. The van der Waals surface area contributed by atoms with Crippen LogP contribution in [-0.2, 0) is 0 Å². The molecule has 3 rings (SSSR count). The normalized spacial score (nSPS) is 25.6. The zero-order valence-electron chi connectivity index (χ0n) is 13.6. The first-order valence-corrected chi connectivity index (χ1v) is 17.9. The van der Waals surface area contributed by atoms with Crippen molar-refractivity contribution >= 4 is 96.8 Å². The number of benzene rings is 2. The Balaban J connectivity index is 2.32. The summed E-state index contributed by atoms with van der Waals surface area (Å²) in [6, 6.07) is 18.0. The summed E-state index contributed by atoms with van der Waals surface area (Å²) in [5.41, 5.74) is 1.23. The Morgan fingerprint density at radius 3 is 1.61 bits per heavy atom. The molecule has 1 heterocycles. The predicted octanol–water partition coefficient (Wildman–Crippen LogP) is 10.2. The minimum atomic E-state index is -3.42. The zero-order valence-corrected chi connectivity index (χ0v) is 20.8. The molecule has 5 nitrogen and oxygen atoms in total. The molecule has 0 saturated carbocycles. The average Bonchev–Trinajstić information content (AvgIpc) is 2.59. The zero-order chi connectivity index (χ0) is 20.4. The minimum absolute atomic E-state index is 0.157. The average molecular weight is 554 g/mol. The Kier molecular flexibility index (Phi) is 7.47. The third-order valence-corrected chi connectivity index (χ3v) is 10.4. The van der Waals surface area contributed by atoms with Crippen molar-refractivity contribution in [2.45, 2.75) is 0 Å². The van der Waals surface area contributed by atoms with Gasteiger partial charge in [-0.3, -0.25) is 0 Å². The van der Waals surface area contributed by atoms with E-state index in [1.807, 2.05) is 12.1 Å². The molecule has 1 aliphatic rings. The van der Waals surface area contributed by atoms with E-state index in [4.69, 9.17) is 67.4 Å². The molecule has 28 heavy (non-hydrogen) atoms. The van der Waals surface area contributed by atoms with Gasteiger partial charge in [-0.05, 0) is 67.4 Å². The topological polar surface area (TPSA) is 61.8 Å². The van der Waals surface area contributed by atoms with Crippen LogP contribution in [0.25, 0.3) is 0 Å². The number of hydrogen-bond acceptors (Lipinski definition) is 5. The first-order valence-electron chi connectivity index (χ1n) is 7.43. The van der Waals surface area contributed by atoms with Crippen molar-refractivity contribution in [3.05, 3.63) is 71.8 Å². The number of hydrogen-bond donors (Lipinski definition) is 0. The van der Waals surface area contributed by atoms with Crippen molar-refractivity contribution in [3.63, 3.8) is 0 Å². The molecule has 2 aromatic carbocycles. The number of nitrogens with zero attached hydrogens (tertiary/aromatic N) is 5. The first kappa shape index (κ1) is 22.9. The van der Waals surface area contributed by atoms with Gasteiger partial charge in [0.2, 0.25) is 5.11 Å². The van der Waals surface area contributed by atoms with Crippen LogP contribution in [-0.4, -0.2) is 11.7 Å². The summed E-state index contributed by atoms with van der Waals surface area (Å²) in [5.74, 6) is -2.88. The highest BCUT2D eigenvalue weighted by molar-refractivity contribution is 8.28. The molecule has 0 fully saturated rings. The van der Waals surface area contributed by atoms with Crippen molar-refractivity contribution < 1.29 is 0 Å². The summed E-state index contributed by atoms with van der Waals surface area (Å²) >= 11 is 37.4. The maximum absolute atomic E-state index is 6.67. The number of amidine groups is 2. The lowest BCUT2D eigenvalue weighted by molar-refractivity contribution is 1.50. The van der Waals surface area contributed by atoms with Crippen LogP contribution in [0.15, 0.2) is 84.2 Å². The molecule has 0 radical (unpaired) electrons. The molecule has 148 valence electrons. The second-order valence-corrected chi connectivity index (χ2v) is 20.2. The summed E-state index contributed by atoms with van der Waals surface area (Å²) in [4.78, 5) is 0. The second-order valence-electron chi connectivity index (χ2n) is 5.24. The SMILES string of the molecule is ClP(Cl)(Cl)=N[P@]1(Cl)=NC(/c2ccccc2)=N\P(Cl)(Cl)=NC(/c2ccccc2)=N\1. The van der Waals surface area contributed by atoms with Gasteiger partial charge < -0.3 is 0 Å². The lowest BCUT2D eigenvalue weighted by Gasteiger charge is -2.16. The van der Waals surface area contributed by atoms with Crippen molar-refractivity contribution in [2.75, 3.05) is 0 Å². The molecular formula is C14H10Cl6N5P3. The van der Waals surface area contributed by atoms with Crippen LogP contribution in [0.1, 0.15) is 11.1 Å². The van der Waals surface area contributed by atoms with Crippen molar-refractivity contribution in [1.29, 1.82) is 0 Å². The smallest absolute Gasteiger partial charge is 0.197 e. The van der Waals surface area contributed by atoms with Gasteiger partial charge in [0.05, 0.1) is 0 Å². The van der Waals surface area contributed by atoms with Gasteiger partial charge in [0.25, 0.3) is 12.6 Å². The van der Waals surface area contributed by atoms with Crippen LogP contribution in [0.2, 0.25) is 0 Å². The van der Waals surface area contributed by atoms with Crippen LogP contribution in [0, 0.1) is 0 Å². The van der Waals surface area contributed by atoms with Crippen LogP contribution in [0.4, 0.5) is 0 Å². The Bertz CT molecular complexity index is 1060. The minimum Gasteiger partial charge on any atom is -0.197 e. The Labute approximate surface area is 191 Å². The van der Waals surface area contributed by atoms with Crippen LogP contribution < -0.4 is 0 Å². The Morgan fingerprint density at radius 2 is 1.14 bits per heavy atom. The van der Waals surface area contributed by atoms with Gasteiger partial charge in [0.15, 0.2) is 11.7 Å². The largest absolute Gasteiger partial charge is 0.284 e. The molecule has 0 unspecified atom stereocenters. The van der Waals surface area contributed by atoms with E-state index < -0.39 is 17.7 Å². The first-order chi connectivity index (χ1) is 13.1. The highest BCUT2D eigenvalue weighted by Crippen LogP contribution is 2.76. The molecule has 0 amide bonds. The predicted molar refractivity (Wildman–Crippen MR) is 129 cm³/mol. The molecular weight excluding hydrogens is 544 g/mol. The third kappa shape index (κ3) is 6.61. The fraction of sp³-hybridized carbons (Fsp3) is 0. The van der Waals surface area contributed by atoms with E-state index in [1.165, 1.54) is 0 Å². The van der Waals surface area contributed by atoms with Gasteiger partial charge in [-0.1, -0.05) is 60.7 Å². The molecule has 14 heteroatoms. The molecule has 0 bridgehead atoms. The maximum Gasteiger partial charge on any atom is 0.284 e. The highest BCUT2D eigenvalue weighted by Gasteiger charge is 2.27. The van der Waals surface area contributed by atoms with Gasteiger partial charge in [0, 0.05) is 11.1 Å². The number of halogens is 6. The van der Waals surface area contributed by atoms with Gasteiger partial charge in [-0.2, -0.15) is 23.5 Å². The van der Waals surface area contributed by atoms with Crippen molar-refractivity contribution in [1.82, 2.24) is 0 Å². The highest BCUT2D eigenvalue weighted by atomic mass is 36.0. The fourth-order valence-corrected chi connectivity index (χ4v) is 11.0. The van der Waals surface area contributed by atoms with Crippen molar-refractivity contribution in [2.24, 2.45) is 23.5 Å². The molecule has 0 saturated heterocycles. The lowest BCUT2D eigenvalue weighted by Crippen LogP contribution is -2.00. The Morgan fingerprint density at radius 1 is 0.679 bits per heavy atom. The van der Waals surface area contributed by atoms with Crippen molar-refractivity contribution in [3.8, 4) is 0 Å². The van der Waals surface area contributed by atoms with E-state index in [0.29, 0.717) is 11.1 Å². The quantitative estimate of drug-likeness (QED) is 0.339. The van der Waals surface area contributed by atoms with E-state index in [0.717, 1.165) is 0 Å². The fourth-order valence-electron chi connectivity index (χ4n) is 2.13. The molecule has 0 aromatic heterocycles. The molecule has 2 aromatic rings. The van der Waals surface area contributed by atoms with E-state index in [-0.39, 0.29) is 11.7 Å². The van der Waals surface area contributed by atoms with Gasteiger partial charge in [0.1, 0.15) is 0 Å². The molecule has 1 atom stereocenters. The maximum atomic E-state index is 6.67. The summed E-state index contributed by atoms with van der Waals surface area (Å²) in [7, 11) is 0. The van der Waals surface area contributed by atoms with Crippen LogP contribution >= 0.6 is 85.2 Å². The van der Waals surface area contributed by atoms with Gasteiger partial charge in [-0.15, -0.1) is 0 Å². The van der Waals surface area contributed by atoms with Gasteiger partial charge >= 0.3 is 0 Å². The van der Waals surface area contributed by atoms with E-state index >= 15 is 0 Å². The van der Waals surface area contributed by atoms with Crippen LogP contribution in [0.3, 0.4) is 0 Å². The van der Waals surface area contributed by atoms with E-state index in [2.05, 4.69) is 23.5 Å².